The molecule has 0 atom stereocenters. The molecule has 6 heteroatoms. The first-order chi connectivity index (χ1) is 13.1. The zero-order valence-electron chi connectivity index (χ0n) is 16.2. The van der Waals surface area contributed by atoms with Crippen molar-refractivity contribution in [3.63, 3.8) is 0 Å². The van der Waals surface area contributed by atoms with Crippen LogP contribution in [-0.2, 0) is 0 Å². The number of benzene rings is 1. The van der Waals surface area contributed by atoms with Crippen molar-refractivity contribution < 1.29 is 4.39 Å². The molecule has 1 aromatic heterocycles. The van der Waals surface area contributed by atoms with Gasteiger partial charge < -0.3 is 14.7 Å². The molecule has 0 unspecified atom stereocenters. The van der Waals surface area contributed by atoms with Gasteiger partial charge in [0.1, 0.15) is 23.3 Å². The predicted octanol–water partition coefficient (Wildman–Crippen LogP) is 3.49. The maximum Gasteiger partial charge on any atom is 0.134 e. The summed E-state index contributed by atoms with van der Waals surface area (Å²) in [5, 5.41) is 0. The quantitative estimate of drug-likeness (QED) is 0.828. The molecular formula is C21H28FN5. The van der Waals surface area contributed by atoms with E-state index in [1.807, 2.05) is 19.1 Å². The first-order valence-electron chi connectivity index (χ1n) is 9.94. The van der Waals surface area contributed by atoms with Crippen LogP contribution < -0.4 is 14.7 Å². The molecule has 0 radical (unpaired) electrons. The Morgan fingerprint density at radius 1 is 0.815 bits per heavy atom. The second-order valence-corrected chi connectivity index (χ2v) is 7.75. The molecule has 0 N–H and O–H groups in total. The molecule has 0 saturated carbocycles. The summed E-state index contributed by atoms with van der Waals surface area (Å²) >= 11 is 0. The van der Waals surface area contributed by atoms with E-state index in [2.05, 4.69) is 27.7 Å². The topological polar surface area (TPSA) is 35.5 Å². The molecule has 0 aliphatic carbocycles. The lowest BCUT2D eigenvalue weighted by atomic mass is 9.99. The third-order valence-electron chi connectivity index (χ3n) is 5.71. The average molecular weight is 369 g/mol. The van der Waals surface area contributed by atoms with E-state index in [0.29, 0.717) is 0 Å². The van der Waals surface area contributed by atoms with Crippen LogP contribution in [0, 0.1) is 18.7 Å². The highest BCUT2D eigenvalue weighted by Gasteiger charge is 2.22. The Balaban J connectivity index is 1.44. The number of hydrogen-bond acceptors (Lipinski definition) is 5. The highest BCUT2D eigenvalue weighted by atomic mass is 19.1. The summed E-state index contributed by atoms with van der Waals surface area (Å²) in [5.41, 5.74) is 1.08. The Hall–Kier alpha value is -2.37. The summed E-state index contributed by atoms with van der Waals surface area (Å²) in [4.78, 5) is 16.4. The Morgan fingerprint density at radius 3 is 1.93 bits per heavy atom. The minimum absolute atomic E-state index is 0.187. The van der Waals surface area contributed by atoms with Gasteiger partial charge in [-0.1, -0.05) is 6.92 Å². The molecular weight excluding hydrogens is 341 g/mol. The fourth-order valence-electron chi connectivity index (χ4n) is 3.94. The molecule has 2 saturated heterocycles. The molecule has 0 bridgehead atoms. The first kappa shape index (κ1) is 18.0. The van der Waals surface area contributed by atoms with Gasteiger partial charge >= 0.3 is 0 Å². The van der Waals surface area contributed by atoms with E-state index in [-0.39, 0.29) is 5.82 Å². The van der Waals surface area contributed by atoms with Crippen LogP contribution in [0.3, 0.4) is 0 Å². The van der Waals surface area contributed by atoms with Gasteiger partial charge in [-0.05, 0) is 49.9 Å². The Morgan fingerprint density at radius 2 is 1.33 bits per heavy atom. The van der Waals surface area contributed by atoms with E-state index >= 15 is 0 Å². The third kappa shape index (κ3) is 4.15. The molecule has 0 spiro atoms. The standard InChI is InChI=1S/C21H28FN5/c1-16-7-9-26(10-8-16)20-15-21(24-17(2)23-20)27-13-11-25(12-14-27)19-5-3-18(22)4-6-19/h3-6,15-16H,7-14H2,1-2H3. The van der Waals surface area contributed by atoms with Crippen molar-refractivity contribution in [3.05, 3.63) is 42.0 Å². The maximum absolute atomic E-state index is 13.1. The third-order valence-corrected chi connectivity index (χ3v) is 5.71. The van der Waals surface area contributed by atoms with Crippen molar-refractivity contribution >= 4 is 17.3 Å². The molecule has 2 aliphatic heterocycles. The summed E-state index contributed by atoms with van der Waals surface area (Å²) in [5.74, 6) is 3.54. The summed E-state index contributed by atoms with van der Waals surface area (Å²) < 4.78 is 13.1. The van der Waals surface area contributed by atoms with Crippen LogP contribution in [-0.4, -0.2) is 49.2 Å². The molecule has 3 heterocycles. The second kappa shape index (κ2) is 7.71. The van der Waals surface area contributed by atoms with Gasteiger partial charge in [0.15, 0.2) is 0 Å². The highest BCUT2D eigenvalue weighted by molar-refractivity contribution is 5.53. The van der Waals surface area contributed by atoms with Crippen LogP contribution in [0.2, 0.25) is 0 Å². The maximum atomic E-state index is 13.1. The lowest BCUT2D eigenvalue weighted by molar-refractivity contribution is 0.436. The number of piperazine rings is 1. The van der Waals surface area contributed by atoms with Crippen molar-refractivity contribution in [2.24, 2.45) is 5.92 Å². The van der Waals surface area contributed by atoms with E-state index in [0.717, 1.165) is 68.3 Å². The van der Waals surface area contributed by atoms with Gasteiger partial charge in [0.2, 0.25) is 0 Å². The van der Waals surface area contributed by atoms with Crippen LogP contribution in [0.15, 0.2) is 30.3 Å². The van der Waals surface area contributed by atoms with Gasteiger partial charge in [-0.3, -0.25) is 0 Å². The molecule has 2 aliphatic rings. The number of piperidine rings is 1. The van der Waals surface area contributed by atoms with E-state index in [9.17, 15) is 4.39 Å². The van der Waals surface area contributed by atoms with E-state index in [4.69, 9.17) is 9.97 Å². The number of rotatable bonds is 3. The number of aromatic nitrogens is 2. The number of anilines is 3. The zero-order valence-corrected chi connectivity index (χ0v) is 16.2. The highest BCUT2D eigenvalue weighted by Crippen LogP contribution is 2.26. The van der Waals surface area contributed by atoms with Gasteiger partial charge in [0.25, 0.3) is 0 Å². The molecule has 5 nitrogen and oxygen atoms in total. The largest absolute Gasteiger partial charge is 0.368 e. The number of aryl methyl sites for hydroxylation is 1. The molecule has 4 rings (SSSR count). The number of nitrogens with zero attached hydrogens (tertiary/aromatic N) is 5. The minimum Gasteiger partial charge on any atom is -0.368 e. The van der Waals surface area contributed by atoms with Crippen LogP contribution >= 0.6 is 0 Å². The van der Waals surface area contributed by atoms with Gasteiger partial charge in [-0.2, -0.15) is 0 Å². The van der Waals surface area contributed by atoms with Gasteiger partial charge in [0.05, 0.1) is 0 Å². The molecule has 2 aromatic rings. The lowest BCUT2D eigenvalue weighted by Crippen LogP contribution is -2.47. The summed E-state index contributed by atoms with van der Waals surface area (Å²) in [6.07, 6.45) is 2.46. The Bertz CT molecular complexity index is 763. The zero-order chi connectivity index (χ0) is 18.8. The summed E-state index contributed by atoms with van der Waals surface area (Å²) in [7, 11) is 0. The monoisotopic (exact) mass is 369 g/mol. The predicted molar refractivity (Wildman–Crippen MR) is 108 cm³/mol. The van der Waals surface area contributed by atoms with E-state index in [1.54, 1.807) is 0 Å². The van der Waals surface area contributed by atoms with Gasteiger partial charge in [0, 0.05) is 51.0 Å². The Kier molecular flexibility index (Phi) is 5.14. The van der Waals surface area contributed by atoms with Crippen molar-refractivity contribution in [3.8, 4) is 0 Å². The number of halogens is 1. The van der Waals surface area contributed by atoms with Crippen molar-refractivity contribution in [1.82, 2.24) is 9.97 Å². The van der Waals surface area contributed by atoms with Crippen LogP contribution in [0.25, 0.3) is 0 Å². The summed E-state index contributed by atoms with van der Waals surface area (Å²) in [6.45, 7) is 10.1. The number of hydrogen-bond donors (Lipinski definition) is 0. The van der Waals surface area contributed by atoms with Crippen LogP contribution in [0.1, 0.15) is 25.6 Å². The lowest BCUT2D eigenvalue weighted by Gasteiger charge is -2.37. The van der Waals surface area contributed by atoms with E-state index < -0.39 is 0 Å². The van der Waals surface area contributed by atoms with Crippen molar-refractivity contribution in [2.75, 3.05) is 54.0 Å². The summed E-state index contributed by atoms with van der Waals surface area (Å²) in [6, 6.07) is 8.92. The average Bonchev–Trinajstić information content (AvgIpc) is 2.69. The fraction of sp³-hybridized carbons (Fsp3) is 0.524. The Labute approximate surface area is 160 Å². The van der Waals surface area contributed by atoms with E-state index in [1.165, 1.54) is 25.0 Å². The first-order valence-corrected chi connectivity index (χ1v) is 9.94. The molecule has 27 heavy (non-hydrogen) atoms. The van der Waals surface area contributed by atoms with Crippen LogP contribution in [0.4, 0.5) is 21.7 Å². The smallest absolute Gasteiger partial charge is 0.134 e. The van der Waals surface area contributed by atoms with Crippen molar-refractivity contribution in [2.45, 2.75) is 26.7 Å². The molecule has 0 amide bonds. The van der Waals surface area contributed by atoms with Gasteiger partial charge in [-0.25, -0.2) is 14.4 Å². The van der Waals surface area contributed by atoms with Gasteiger partial charge in [-0.15, -0.1) is 0 Å². The molecule has 144 valence electrons. The fourth-order valence-corrected chi connectivity index (χ4v) is 3.94. The van der Waals surface area contributed by atoms with Crippen molar-refractivity contribution in [1.29, 1.82) is 0 Å². The van der Waals surface area contributed by atoms with Crippen LogP contribution in [0.5, 0.6) is 0 Å². The molecule has 2 fully saturated rings. The minimum atomic E-state index is -0.187. The normalized spacial score (nSPS) is 18.9. The second-order valence-electron chi connectivity index (χ2n) is 7.75. The SMILES string of the molecule is Cc1nc(N2CCC(C)CC2)cc(N2CCN(c3ccc(F)cc3)CC2)n1. The molecule has 1 aromatic carbocycles.